The number of carboxylic acid groups (broad SMARTS) is 1. The van der Waals surface area contributed by atoms with Crippen LogP contribution in [0.2, 0.25) is 0 Å². The van der Waals surface area contributed by atoms with E-state index in [1.54, 1.807) is 11.8 Å². The highest BCUT2D eigenvalue weighted by Gasteiger charge is 2.22. The van der Waals surface area contributed by atoms with Crippen LogP contribution in [0.1, 0.15) is 39.0 Å². The van der Waals surface area contributed by atoms with Crippen LogP contribution in [0.3, 0.4) is 0 Å². The van der Waals surface area contributed by atoms with Crippen LogP contribution in [0.4, 0.5) is 0 Å². The van der Waals surface area contributed by atoms with Gasteiger partial charge in [-0.25, -0.2) is 4.79 Å². The predicted octanol–water partition coefficient (Wildman–Crippen LogP) is 6.34. The zero-order chi connectivity index (χ0) is 24.5. The quantitative estimate of drug-likeness (QED) is 0.326. The van der Waals surface area contributed by atoms with Crippen LogP contribution in [0.5, 0.6) is 0 Å². The van der Waals surface area contributed by atoms with Crippen LogP contribution in [0, 0.1) is 13.8 Å². The summed E-state index contributed by atoms with van der Waals surface area (Å²) in [5, 5.41) is 12.3. The Morgan fingerprint density at radius 2 is 1.59 bits per heavy atom. The second kappa shape index (κ2) is 12.7. The molecular weight excluding hydrogens is 462 g/mol. The van der Waals surface area contributed by atoms with Crippen LogP contribution in [0.15, 0.2) is 66.7 Å². The normalized spacial score (nSPS) is 11.7. The summed E-state index contributed by atoms with van der Waals surface area (Å²) >= 11 is 3.39. The number of aryl methyl sites for hydroxylation is 2. The number of nitrogens with one attached hydrogen (secondary N) is 1. The van der Waals surface area contributed by atoms with Crippen LogP contribution >= 0.6 is 23.5 Å². The minimum absolute atomic E-state index is 0.356. The molecule has 0 aliphatic rings. The number of amides is 1. The van der Waals surface area contributed by atoms with Gasteiger partial charge in [-0.2, -0.15) is 23.5 Å². The number of carboxylic acids is 1. The summed E-state index contributed by atoms with van der Waals surface area (Å²) in [6, 6.07) is 21.5. The Morgan fingerprint density at radius 3 is 2.26 bits per heavy atom. The van der Waals surface area contributed by atoms with Crippen molar-refractivity contribution in [2.24, 2.45) is 0 Å². The Bertz CT molecular complexity index is 1130. The Hall–Kier alpha value is -2.70. The molecule has 178 valence electrons. The second-order valence-corrected chi connectivity index (χ2v) is 10.3. The number of aliphatic carboxylic acids is 1. The number of hydrogen-bond donors (Lipinski definition) is 2. The molecule has 3 rings (SSSR count). The average molecular weight is 494 g/mol. The highest BCUT2D eigenvalue weighted by atomic mass is 32.2. The van der Waals surface area contributed by atoms with Crippen molar-refractivity contribution < 1.29 is 14.7 Å². The van der Waals surface area contributed by atoms with Gasteiger partial charge < -0.3 is 10.4 Å². The first-order valence-electron chi connectivity index (χ1n) is 11.2. The molecule has 0 spiro atoms. The van der Waals surface area contributed by atoms with Crippen molar-refractivity contribution in [2.75, 3.05) is 12.0 Å². The van der Waals surface area contributed by atoms with Gasteiger partial charge in [0, 0.05) is 17.1 Å². The van der Waals surface area contributed by atoms with E-state index in [9.17, 15) is 14.7 Å². The predicted molar refractivity (Wildman–Crippen MR) is 145 cm³/mol. The first-order valence-corrected chi connectivity index (χ1v) is 13.8. The van der Waals surface area contributed by atoms with Gasteiger partial charge in [0.15, 0.2) is 0 Å². The van der Waals surface area contributed by atoms with Crippen LogP contribution in [-0.2, 0) is 16.3 Å². The van der Waals surface area contributed by atoms with Crippen LogP contribution < -0.4 is 5.32 Å². The van der Waals surface area contributed by atoms with Crippen molar-refractivity contribution in [1.29, 1.82) is 0 Å². The number of thioether (sulfide) groups is 2. The largest absolute Gasteiger partial charge is 0.480 e. The van der Waals surface area contributed by atoms with Crippen molar-refractivity contribution in [3.63, 3.8) is 0 Å². The number of rotatable bonds is 11. The summed E-state index contributed by atoms with van der Waals surface area (Å²) in [6.45, 7) is 4.11. The molecule has 0 aliphatic carbocycles. The number of carbonyl (C=O) groups excluding carboxylic acids is 1. The lowest BCUT2D eigenvalue weighted by atomic mass is 9.94. The summed E-state index contributed by atoms with van der Waals surface area (Å²) in [7, 11) is 0. The molecule has 0 aromatic heterocycles. The zero-order valence-corrected chi connectivity index (χ0v) is 21.5. The lowest BCUT2D eigenvalue weighted by molar-refractivity contribution is -0.139. The SMILES string of the molecule is CSCC[C@H](NC(=O)c1ccc(CSCc2ccc(C)cc2)cc1-c1ccccc1C)C(=O)O. The highest BCUT2D eigenvalue weighted by Crippen LogP contribution is 2.30. The van der Waals surface area contributed by atoms with Crippen LogP contribution in [0.25, 0.3) is 11.1 Å². The van der Waals surface area contributed by atoms with E-state index in [1.807, 2.05) is 61.3 Å². The number of carbonyl (C=O) groups is 2. The Morgan fingerprint density at radius 1 is 0.912 bits per heavy atom. The van der Waals surface area contributed by atoms with Gasteiger partial charge in [0.05, 0.1) is 0 Å². The molecule has 0 heterocycles. The van der Waals surface area contributed by atoms with Gasteiger partial charge in [0.25, 0.3) is 5.91 Å². The minimum Gasteiger partial charge on any atom is -0.480 e. The summed E-state index contributed by atoms with van der Waals surface area (Å²) in [4.78, 5) is 24.8. The molecule has 3 aromatic carbocycles. The molecule has 0 saturated heterocycles. The average Bonchev–Trinajstić information content (AvgIpc) is 2.83. The minimum atomic E-state index is -1.01. The molecule has 1 atom stereocenters. The van der Waals surface area contributed by atoms with E-state index in [0.29, 0.717) is 17.7 Å². The topological polar surface area (TPSA) is 66.4 Å². The van der Waals surface area contributed by atoms with Gasteiger partial charge in [-0.05, 0) is 72.2 Å². The maximum Gasteiger partial charge on any atom is 0.326 e. The molecule has 0 aliphatic heterocycles. The molecule has 3 aromatic rings. The van der Waals surface area contributed by atoms with Crippen molar-refractivity contribution in [3.05, 3.63) is 94.5 Å². The van der Waals surface area contributed by atoms with E-state index in [1.165, 1.54) is 11.1 Å². The fourth-order valence-electron chi connectivity index (χ4n) is 3.68. The summed E-state index contributed by atoms with van der Waals surface area (Å²) in [5.74, 6) is 1.03. The molecule has 1 amide bonds. The second-order valence-electron chi connectivity index (χ2n) is 8.32. The van der Waals surface area contributed by atoms with Crippen LogP contribution in [-0.4, -0.2) is 35.0 Å². The van der Waals surface area contributed by atoms with Gasteiger partial charge in [0.2, 0.25) is 0 Å². The van der Waals surface area contributed by atoms with Gasteiger partial charge in [-0.1, -0.05) is 60.2 Å². The van der Waals surface area contributed by atoms with Crippen molar-refractivity contribution in [3.8, 4) is 11.1 Å². The summed E-state index contributed by atoms with van der Waals surface area (Å²) in [6.07, 6.45) is 2.31. The van der Waals surface area contributed by atoms with E-state index in [-0.39, 0.29) is 5.91 Å². The fourth-order valence-corrected chi connectivity index (χ4v) is 5.09. The van der Waals surface area contributed by atoms with Gasteiger partial charge in [-0.3, -0.25) is 4.79 Å². The molecule has 6 heteroatoms. The third-order valence-electron chi connectivity index (χ3n) is 5.64. The van der Waals surface area contributed by atoms with Crippen molar-refractivity contribution in [1.82, 2.24) is 5.32 Å². The van der Waals surface area contributed by atoms with E-state index in [2.05, 4.69) is 42.6 Å². The Balaban J connectivity index is 1.84. The van der Waals surface area contributed by atoms with E-state index < -0.39 is 12.0 Å². The van der Waals surface area contributed by atoms with Gasteiger partial charge in [-0.15, -0.1) is 0 Å². The lowest BCUT2D eigenvalue weighted by Gasteiger charge is -2.17. The molecule has 0 radical (unpaired) electrons. The third-order valence-corrected chi connectivity index (χ3v) is 7.35. The number of benzene rings is 3. The first-order chi connectivity index (χ1) is 16.4. The molecule has 0 bridgehead atoms. The first kappa shape index (κ1) is 25.9. The fraction of sp³-hybridized carbons (Fsp3) is 0.286. The lowest BCUT2D eigenvalue weighted by Crippen LogP contribution is -2.41. The van der Waals surface area contributed by atoms with Crippen molar-refractivity contribution >= 4 is 35.4 Å². The molecule has 34 heavy (non-hydrogen) atoms. The molecule has 0 saturated carbocycles. The van der Waals surface area contributed by atoms with E-state index in [0.717, 1.165) is 33.8 Å². The Labute approximate surface area is 210 Å². The zero-order valence-electron chi connectivity index (χ0n) is 19.8. The molecule has 0 fully saturated rings. The molecule has 2 N–H and O–H groups in total. The van der Waals surface area contributed by atoms with E-state index in [4.69, 9.17) is 0 Å². The van der Waals surface area contributed by atoms with Crippen molar-refractivity contribution in [2.45, 2.75) is 37.8 Å². The highest BCUT2D eigenvalue weighted by molar-refractivity contribution is 7.98. The standard InChI is InChI=1S/C28H31NO3S2/c1-19-8-10-21(11-9-19)17-34-18-22-12-13-24(25(16-22)23-7-5-4-6-20(23)2)27(30)29-26(28(31)32)14-15-33-3/h4-13,16,26H,14-15,17-18H2,1-3H3,(H,29,30)(H,31,32)/t26-/m0/s1. The molecule has 4 nitrogen and oxygen atoms in total. The maximum absolute atomic E-state index is 13.2. The Kier molecular flexibility index (Phi) is 9.66. The van der Waals surface area contributed by atoms with E-state index >= 15 is 0 Å². The molecular formula is C28H31NO3S2. The smallest absolute Gasteiger partial charge is 0.326 e. The maximum atomic E-state index is 13.2. The number of hydrogen-bond acceptors (Lipinski definition) is 4. The molecule has 0 unspecified atom stereocenters. The third kappa shape index (κ3) is 7.15. The van der Waals surface area contributed by atoms with Gasteiger partial charge >= 0.3 is 5.97 Å². The summed E-state index contributed by atoms with van der Waals surface area (Å²) in [5.41, 5.74) is 7.05. The monoisotopic (exact) mass is 493 g/mol. The van der Waals surface area contributed by atoms with Gasteiger partial charge in [0.1, 0.15) is 6.04 Å². The summed E-state index contributed by atoms with van der Waals surface area (Å²) < 4.78 is 0.